The molecule has 2 atom stereocenters. The molecule has 0 amide bonds. The number of carbonyl (C=O) groups is 1. The Bertz CT molecular complexity index is 455. The molecule has 1 spiro atoms. The first-order valence-electron chi connectivity index (χ1n) is 5.15. The van der Waals surface area contributed by atoms with Crippen molar-refractivity contribution >= 4 is 21.9 Å². The molecule has 0 saturated heterocycles. The van der Waals surface area contributed by atoms with Gasteiger partial charge < -0.3 is 5.11 Å². The number of benzene rings is 1. The third kappa shape index (κ3) is 1.19. The van der Waals surface area contributed by atoms with Gasteiger partial charge in [-0.3, -0.25) is 4.79 Å². The van der Waals surface area contributed by atoms with Crippen LogP contribution in [0.4, 0.5) is 0 Å². The minimum absolute atomic E-state index is 0.0120. The summed E-state index contributed by atoms with van der Waals surface area (Å²) >= 11 is 3.45. The summed E-state index contributed by atoms with van der Waals surface area (Å²) in [5.41, 5.74) is 2.59. The highest BCUT2D eigenvalue weighted by Gasteiger charge is 2.61. The second kappa shape index (κ2) is 2.85. The molecular formula is C12H11BrO2. The van der Waals surface area contributed by atoms with E-state index in [1.165, 1.54) is 11.1 Å². The average Bonchev–Trinajstić information content (AvgIpc) is 2.80. The smallest absolute Gasteiger partial charge is 0.307 e. The van der Waals surface area contributed by atoms with Crippen molar-refractivity contribution in [3.05, 3.63) is 33.8 Å². The fourth-order valence-corrected chi connectivity index (χ4v) is 3.36. The number of aryl methyl sites for hydroxylation is 1. The molecule has 2 nitrogen and oxygen atoms in total. The lowest BCUT2D eigenvalue weighted by atomic mass is 9.95. The highest BCUT2D eigenvalue weighted by molar-refractivity contribution is 9.10. The average molecular weight is 267 g/mol. The molecule has 15 heavy (non-hydrogen) atoms. The lowest BCUT2D eigenvalue weighted by Gasteiger charge is -2.09. The second-order valence-electron chi connectivity index (χ2n) is 4.55. The molecule has 0 unspecified atom stereocenters. The first-order valence-corrected chi connectivity index (χ1v) is 5.94. The number of fused-ring (bicyclic) bond motifs is 2. The van der Waals surface area contributed by atoms with Gasteiger partial charge in [0.1, 0.15) is 0 Å². The Labute approximate surface area is 96.4 Å². The normalized spacial score (nSPS) is 31.7. The van der Waals surface area contributed by atoms with Crippen molar-refractivity contribution < 1.29 is 9.90 Å². The maximum Gasteiger partial charge on any atom is 0.307 e. The molecule has 0 radical (unpaired) electrons. The minimum atomic E-state index is -0.634. The summed E-state index contributed by atoms with van der Waals surface area (Å²) in [6, 6.07) is 6.24. The lowest BCUT2D eigenvalue weighted by Crippen LogP contribution is -2.11. The van der Waals surface area contributed by atoms with E-state index in [0.29, 0.717) is 0 Å². The summed E-state index contributed by atoms with van der Waals surface area (Å²) in [4.78, 5) is 11.0. The van der Waals surface area contributed by atoms with E-state index in [2.05, 4.69) is 28.1 Å². The van der Waals surface area contributed by atoms with Gasteiger partial charge in [0.2, 0.25) is 0 Å². The summed E-state index contributed by atoms with van der Waals surface area (Å²) in [6.07, 6.45) is 2.87. The minimum Gasteiger partial charge on any atom is -0.481 e. The Morgan fingerprint density at radius 1 is 1.53 bits per heavy atom. The summed E-state index contributed by atoms with van der Waals surface area (Å²) in [5, 5.41) is 9.05. The van der Waals surface area contributed by atoms with E-state index in [1.807, 2.05) is 6.07 Å². The molecule has 0 bridgehead atoms. The molecule has 1 fully saturated rings. The number of carboxylic acid groups (broad SMARTS) is 1. The highest BCUT2D eigenvalue weighted by atomic mass is 79.9. The van der Waals surface area contributed by atoms with Crippen LogP contribution in [0, 0.1) is 5.92 Å². The Kier molecular flexibility index (Phi) is 1.78. The number of hydrogen-bond donors (Lipinski definition) is 1. The van der Waals surface area contributed by atoms with Crippen LogP contribution in [0.15, 0.2) is 22.7 Å². The third-order valence-electron chi connectivity index (χ3n) is 3.82. The van der Waals surface area contributed by atoms with Crippen LogP contribution in [0.2, 0.25) is 0 Å². The number of halogens is 1. The molecule has 2 aliphatic rings. The third-order valence-corrected chi connectivity index (χ3v) is 4.31. The zero-order valence-electron chi connectivity index (χ0n) is 8.16. The Morgan fingerprint density at radius 2 is 2.33 bits per heavy atom. The van der Waals surface area contributed by atoms with Gasteiger partial charge in [-0.05, 0) is 42.5 Å². The van der Waals surface area contributed by atoms with E-state index < -0.39 is 5.97 Å². The molecule has 3 rings (SSSR count). The van der Waals surface area contributed by atoms with Gasteiger partial charge in [0.25, 0.3) is 0 Å². The summed E-state index contributed by atoms with van der Waals surface area (Å²) < 4.78 is 1.09. The van der Waals surface area contributed by atoms with Gasteiger partial charge in [0, 0.05) is 9.89 Å². The lowest BCUT2D eigenvalue weighted by molar-refractivity contribution is -0.139. The molecule has 2 aliphatic carbocycles. The first-order chi connectivity index (χ1) is 7.13. The number of carboxylic acids is 1. The fourth-order valence-electron chi connectivity index (χ4n) is 2.95. The van der Waals surface area contributed by atoms with Crippen molar-refractivity contribution in [1.82, 2.24) is 0 Å². The van der Waals surface area contributed by atoms with E-state index in [1.54, 1.807) is 0 Å². The molecule has 0 aromatic heterocycles. The second-order valence-corrected chi connectivity index (χ2v) is 5.47. The van der Waals surface area contributed by atoms with Gasteiger partial charge in [-0.25, -0.2) is 0 Å². The zero-order valence-corrected chi connectivity index (χ0v) is 9.75. The maximum absolute atomic E-state index is 11.0. The van der Waals surface area contributed by atoms with Crippen molar-refractivity contribution in [2.45, 2.75) is 24.7 Å². The van der Waals surface area contributed by atoms with Crippen LogP contribution < -0.4 is 0 Å². The number of rotatable bonds is 1. The van der Waals surface area contributed by atoms with Crippen LogP contribution in [0.5, 0.6) is 0 Å². The van der Waals surface area contributed by atoms with Gasteiger partial charge in [-0.1, -0.05) is 22.0 Å². The molecule has 3 heteroatoms. The largest absolute Gasteiger partial charge is 0.481 e. The van der Waals surface area contributed by atoms with Crippen LogP contribution in [0.25, 0.3) is 0 Å². The van der Waals surface area contributed by atoms with Crippen molar-refractivity contribution in [3.63, 3.8) is 0 Å². The van der Waals surface area contributed by atoms with Gasteiger partial charge in [-0.15, -0.1) is 0 Å². The van der Waals surface area contributed by atoms with Crippen molar-refractivity contribution in [2.24, 2.45) is 5.92 Å². The standard InChI is InChI=1S/C12H11BrO2/c13-8-1-2-9-7(5-8)3-4-12(9)6-10(12)11(14)15/h1-2,5,10H,3-4,6H2,(H,14,15)/t10-,12+/m1/s1. The van der Waals surface area contributed by atoms with Crippen molar-refractivity contribution in [3.8, 4) is 0 Å². The van der Waals surface area contributed by atoms with Crippen LogP contribution in [0.1, 0.15) is 24.0 Å². The topological polar surface area (TPSA) is 37.3 Å². The van der Waals surface area contributed by atoms with E-state index in [4.69, 9.17) is 5.11 Å². The SMILES string of the molecule is O=C(O)[C@H]1C[C@]12CCc1cc(Br)ccc12. The zero-order chi connectivity index (χ0) is 10.6. The molecule has 1 N–H and O–H groups in total. The van der Waals surface area contributed by atoms with E-state index in [9.17, 15) is 4.79 Å². The number of hydrogen-bond acceptors (Lipinski definition) is 1. The molecule has 1 aromatic carbocycles. The Morgan fingerprint density at radius 3 is 3.00 bits per heavy atom. The molecule has 1 saturated carbocycles. The van der Waals surface area contributed by atoms with Crippen molar-refractivity contribution in [1.29, 1.82) is 0 Å². The molecule has 0 heterocycles. The van der Waals surface area contributed by atoms with E-state index in [0.717, 1.165) is 23.7 Å². The molecule has 78 valence electrons. The van der Waals surface area contributed by atoms with Gasteiger partial charge in [0.15, 0.2) is 0 Å². The van der Waals surface area contributed by atoms with Gasteiger partial charge in [0.05, 0.1) is 5.92 Å². The van der Waals surface area contributed by atoms with E-state index >= 15 is 0 Å². The monoisotopic (exact) mass is 266 g/mol. The number of aliphatic carboxylic acids is 1. The summed E-state index contributed by atoms with van der Waals surface area (Å²) in [6.45, 7) is 0. The van der Waals surface area contributed by atoms with Crippen molar-refractivity contribution in [2.75, 3.05) is 0 Å². The summed E-state index contributed by atoms with van der Waals surface area (Å²) in [7, 11) is 0. The Hall–Kier alpha value is -0.830. The van der Waals surface area contributed by atoms with E-state index in [-0.39, 0.29) is 11.3 Å². The summed E-state index contributed by atoms with van der Waals surface area (Å²) in [5.74, 6) is -0.773. The Balaban J connectivity index is 2.04. The van der Waals surface area contributed by atoms with Crippen LogP contribution in [-0.4, -0.2) is 11.1 Å². The maximum atomic E-state index is 11.0. The fraction of sp³-hybridized carbons (Fsp3) is 0.417. The van der Waals surface area contributed by atoms with Gasteiger partial charge >= 0.3 is 5.97 Å². The first kappa shape index (κ1) is 9.40. The quantitative estimate of drug-likeness (QED) is 0.849. The van der Waals surface area contributed by atoms with Crippen LogP contribution >= 0.6 is 15.9 Å². The molecule has 0 aliphatic heterocycles. The van der Waals surface area contributed by atoms with Crippen LogP contribution in [-0.2, 0) is 16.6 Å². The molecular weight excluding hydrogens is 256 g/mol. The van der Waals surface area contributed by atoms with Crippen LogP contribution in [0.3, 0.4) is 0 Å². The predicted molar refractivity (Wildman–Crippen MR) is 59.9 cm³/mol. The van der Waals surface area contributed by atoms with Gasteiger partial charge in [-0.2, -0.15) is 0 Å². The molecule has 1 aromatic rings. The predicted octanol–water partition coefficient (Wildman–Crippen LogP) is 2.74. The highest BCUT2D eigenvalue weighted by Crippen LogP contribution is 2.61.